The maximum Gasteiger partial charge on any atom is 0.275 e. The fraction of sp³-hybridized carbons (Fsp3) is 0.125. The number of pyridine rings is 1. The van der Waals surface area contributed by atoms with E-state index in [9.17, 15) is 4.79 Å². The largest absolute Gasteiger partial charge is 0.378 e. The fourth-order valence-electron chi connectivity index (χ4n) is 4.05. The molecule has 7 heteroatoms. The summed E-state index contributed by atoms with van der Waals surface area (Å²) in [5, 5.41) is 3.99. The minimum absolute atomic E-state index is 0.0743. The molecule has 5 rings (SSSR count). The fourth-order valence-corrected chi connectivity index (χ4v) is 4.44. The lowest BCUT2D eigenvalue weighted by atomic mass is 9.92. The summed E-state index contributed by atoms with van der Waals surface area (Å²) >= 11 is 9.60. The van der Waals surface area contributed by atoms with E-state index in [1.54, 1.807) is 6.20 Å². The van der Waals surface area contributed by atoms with Gasteiger partial charge in [0, 0.05) is 45.3 Å². The lowest BCUT2D eigenvalue weighted by Crippen LogP contribution is -2.33. The van der Waals surface area contributed by atoms with Gasteiger partial charge in [0.05, 0.1) is 18.3 Å². The SMILES string of the molecule is O=C1C2=C(C(c3ccc(Cl)cc3)=NCCN2)[C@H](c2cccnc2)N1c1ccc(Br)cc1. The quantitative estimate of drug-likeness (QED) is 0.563. The van der Waals surface area contributed by atoms with Gasteiger partial charge >= 0.3 is 0 Å². The molecular formula is C24H18BrClN4O. The molecule has 0 aliphatic carbocycles. The topological polar surface area (TPSA) is 57.6 Å². The first-order valence-electron chi connectivity index (χ1n) is 9.91. The van der Waals surface area contributed by atoms with Crippen molar-refractivity contribution in [2.24, 2.45) is 4.99 Å². The minimum Gasteiger partial charge on any atom is -0.378 e. The molecule has 0 radical (unpaired) electrons. The number of rotatable bonds is 3. The van der Waals surface area contributed by atoms with Crippen LogP contribution in [-0.4, -0.2) is 29.7 Å². The van der Waals surface area contributed by atoms with E-state index in [1.807, 2.05) is 71.8 Å². The third-order valence-corrected chi connectivity index (χ3v) is 6.18. The Labute approximate surface area is 193 Å². The number of hydrogen-bond acceptors (Lipinski definition) is 4. The number of anilines is 1. The molecule has 0 bridgehead atoms. The van der Waals surface area contributed by atoms with Crippen molar-refractivity contribution in [3.8, 4) is 0 Å². The van der Waals surface area contributed by atoms with Gasteiger partial charge in [-0.2, -0.15) is 0 Å². The van der Waals surface area contributed by atoms with Crippen LogP contribution in [0.4, 0.5) is 5.69 Å². The van der Waals surface area contributed by atoms with Gasteiger partial charge in [-0.1, -0.05) is 45.7 Å². The van der Waals surface area contributed by atoms with Gasteiger partial charge in [-0.3, -0.25) is 19.7 Å². The molecule has 3 heterocycles. The summed E-state index contributed by atoms with van der Waals surface area (Å²) in [4.78, 5) is 24.7. The van der Waals surface area contributed by atoms with Gasteiger partial charge in [0.15, 0.2) is 0 Å². The molecule has 2 aliphatic rings. The molecule has 2 aromatic carbocycles. The van der Waals surface area contributed by atoms with Crippen molar-refractivity contribution in [3.63, 3.8) is 0 Å². The summed E-state index contributed by atoms with van der Waals surface area (Å²) in [6, 6.07) is 18.9. The highest BCUT2D eigenvalue weighted by molar-refractivity contribution is 9.10. The smallest absolute Gasteiger partial charge is 0.275 e. The van der Waals surface area contributed by atoms with Gasteiger partial charge in [0.25, 0.3) is 5.91 Å². The minimum atomic E-state index is -0.350. The second-order valence-electron chi connectivity index (χ2n) is 7.29. The van der Waals surface area contributed by atoms with Crippen LogP contribution in [0.3, 0.4) is 0 Å². The van der Waals surface area contributed by atoms with E-state index in [0.29, 0.717) is 23.8 Å². The second kappa shape index (κ2) is 8.29. The molecule has 31 heavy (non-hydrogen) atoms. The molecule has 1 N–H and O–H groups in total. The maximum atomic E-state index is 13.7. The van der Waals surface area contributed by atoms with Crippen LogP contribution in [0, 0.1) is 0 Å². The zero-order chi connectivity index (χ0) is 21.4. The van der Waals surface area contributed by atoms with Crippen LogP contribution >= 0.6 is 27.5 Å². The Morgan fingerprint density at radius 2 is 1.84 bits per heavy atom. The zero-order valence-corrected chi connectivity index (χ0v) is 18.8. The predicted molar refractivity (Wildman–Crippen MR) is 126 cm³/mol. The van der Waals surface area contributed by atoms with E-state index in [-0.39, 0.29) is 11.9 Å². The molecule has 0 unspecified atom stereocenters. The van der Waals surface area contributed by atoms with Gasteiger partial charge in [-0.15, -0.1) is 0 Å². The summed E-state index contributed by atoms with van der Waals surface area (Å²) in [6.45, 7) is 1.17. The van der Waals surface area contributed by atoms with E-state index < -0.39 is 0 Å². The third-order valence-electron chi connectivity index (χ3n) is 5.39. The van der Waals surface area contributed by atoms with E-state index >= 15 is 0 Å². The first kappa shape index (κ1) is 20.0. The van der Waals surface area contributed by atoms with Crippen LogP contribution in [0.15, 0.2) is 93.8 Å². The van der Waals surface area contributed by atoms with Gasteiger partial charge in [0.1, 0.15) is 5.70 Å². The number of hydrogen-bond donors (Lipinski definition) is 1. The van der Waals surface area contributed by atoms with Gasteiger partial charge < -0.3 is 5.32 Å². The highest BCUT2D eigenvalue weighted by Gasteiger charge is 2.44. The van der Waals surface area contributed by atoms with Gasteiger partial charge in [-0.05, 0) is 48.0 Å². The maximum absolute atomic E-state index is 13.7. The Morgan fingerprint density at radius 3 is 2.55 bits per heavy atom. The molecule has 154 valence electrons. The van der Waals surface area contributed by atoms with Crippen molar-refractivity contribution in [1.82, 2.24) is 10.3 Å². The van der Waals surface area contributed by atoms with Crippen LogP contribution < -0.4 is 10.2 Å². The van der Waals surface area contributed by atoms with E-state index in [4.69, 9.17) is 16.6 Å². The Kier molecular flexibility index (Phi) is 5.34. The van der Waals surface area contributed by atoms with Crippen LogP contribution in [0.25, 0.3) is 0 Å². The molecule has 1 atom stereocenters. The number of benzene rings is 2. The number of aliphatic imine (C=N–C) groups is 1. The predicted octanol–water partition coefficient (Wildman–Crippen LogP) is 4.93. The van der Waals surface area contributed by atoms with E-state index in [2.05, 4.69) is 26.2 Å². The third kappa shape index (κ3) is 3.66. The molecule has 1 amide bonds. The summed E-state index contributed by atoms with van der Waals surface area (Å²) in [5.74, 6) is -0.0743. The van der Waals surface area contributed by atoms with Crippen LogP contribution in [0.2, 0.25) is 5.02 Å². The van der Waals surface area contributed by atoms with Crippen molar-refractivity contribution >= 4 is 44.8 Å². The Bertz CT molecular complexity index is 1190. The molecule has 1 aromatic heterocycles. The van der Waals surface area contributed by atoms with Crippen molar-refractivity contribution in [3.05, 3.63) is 105 Å². The normalized spacial score (nSPS) is 18.4. The van der Waals surface area contributed by atoms with Gasteiger partial charge in [-0.25, -0.2) is 0 Å². The van der Waals surface area contributed by atoms with E-state index in [1.165, 1.54) is 0 Å². The molecule has 2 aliphatic heterocycles. The Hall–Kier alpha value is -2.96. The number of carbonyl (C=O) groups excluding carboxylic acids is 1. The van der Waals surface area contributed by atoms with Gasteiger partial charge in [0.2, 0.25) is 0 Å². The van der Waals surface area contributed by atoms with Crippen LogP contribution in [0.1, 0.15) is 17.2 Å². The number of amides is 1. The average Bonchev–Trinajstić information content (AvgIpc) is 2.94. The number of halogens is 2. The number of nitrogens with one attached hydrogen (secondary N) is 1. The summed E-state index contributed by atoms with van der Waals surface area (Å²) < 4.78 is 0.955. The molecule has 0 saturated carbocycles. The van der Waals surface area contributed by atoms with E-state index in [0.717, 1.165) is 32.6 Å². The summed E-state index contributed by atoms with van der Waals surface area (Å²) in [5.41, 5.74) is 4.92. The monoisotopic (exact) mass is 492 g/mol. The molecule has 0 saturated heterocycles. The first-order valence-corrected chi connectivity index (χ1v) is 11.1. The second-order valence-corrected chi connectivity index (χ2v) is 8.65. The Balaban J connectivity index is 1.71. The average molecular weight is 494 g/mol. The van der Waals surface area contributed by atoms with Crippen molar-refractivity contribution in [2.75, 3.05) is 18.0 Å². The first-order chi connectivity index (χ1) is 15.1. The highest BCUT2D eigenvalue weighted by Crippen LogP contribution is 2.42. The Morgan fingerprint density at radius 1 is 1.06 bits per heavy atom. The summed E-state index contributed by atoms with van der Waals surface area (Å²) in [6.07, 6.45) is 3.54. The van der Waals surface area contributed by atoms with Crippen LogP contribution in [0.5, 0.6) is 0 Å². The number of nitrogens with zero attached hydrogens (tertiary/aromatic N) is 3. The lowest BCUT2D eigenvalue weighted by Gasteiger charge is -2.28. The lowest BCUT2D eigenvalue weighted by molar-refractivity contribution is -0.115. The zero-order valence-electron chi connectivity index (χ0n) is 16.4. The molecule has 0 spiro atoms. The van der Waals surface area contributed by atoms with Crippen LogP contribution in [-0.2, 0) is 4.79 Å². The standard InChI is InChI=1S/C24H18BrClN4O/c25-17-5-9-19(10-6-17)30-23(16-2-1-11-27-14-16)20-21(15-3-7-18(26)8-4-15)28-12-13-29-22(20)24(30)31/h1-11,14,23,29H,12-13H2/t23-/m0/s1. The molecule has 5 nitrogen and oxygen atoms in total. The molecule has 3 aromatic rings. The number of carbonyl (C=O) groups is 1. The van der Waals surface area contributed by atoms with Crippen molar-refractivity contribution < 1.29 is 4.79 Å². The van der Waals surface area contributed by atoms with Crippen molar-refractivity contribution in [1.29, 1.82) is 0 Å². The van der Waals surface area contributed by atoms with Crippen molar-refractivity contribution in [2.45, 2.75) is 6.04 Å². The summed E-state index contributed by atoms with van der Waals surface area (Å²) in [7, 11) is 0. The molecular weight excluding hydrogens is 476 g/mol. The molecule has 0 fully saturated rings. The highest BCUT2D eigenvalue weighted by atomic mass is 79.9. The number of aromatic nitrogens is 1.